The van der Waals surface area contributed by atoms with Gasteiger partial charge in [0.2, 0.25) is 0 Å². The molecule has 0 aromatic rings. The minimum Gasteiger partial charge on any atom is -0.392 e. The molecule has 0 rings (SSSR count). The first-order valence-electron chi connectivity index (χ1n) is 3.10. The van der Waals surface area contributed by atoms with Crippen molar-refractivity contribution in [2.45, 2.75) is 33.3 Å². The van der Waals surface area contributed by atoms with Gasteiger partial charge in [-0.15, -0.1) is 12.3 Å². The quantitative estimate of drug-likeness (QED) is 0.527. The molecule has 0 fully saturated rings. The maximum Gasteiger partial charge on any atom is 0.0697 e. The molecule has 9 heavy (non-hydrogen) atoms. The molecule has 1 nitrogen and oxygen atoms in total. The van der Waals surface area contributed by atoms with Gasteiger partial charge in [0.05, 0.1) is 6.10 Å². The average molecular weight is 126 g/mol. The lowest BCUT2D eigenvalue weighted by Gasteiger charge is -2.23. The summed E-state index contributed by atoms with van der Waals surface area (Å²) >= 11 is 0. The summed E-state index contributed by atoms with van der Waals surface area (Å²) in [5, 5.41) is 9.24. The lowest BCUT2D eigenvalue weighted by Crippen LogP contribution is -2.25. The van der Waals surface area contributed by atoms with Crippen molar-refractivity contribution in [3.63, 3.8) is 0 Å². The first kappa shape index (κ1) is 8.52. The van der Waals surface area contributed by atoms with Crippen LogP contribution in [0.25, 0.3) is 0 Å². The van der Waals surface area contributed by atoms with Gasteiger partial charge in [0, 0.05) is 6.42 Å². The Balaban J connectivity index is 3.76. The van der Waals surface area contributed by atoms with Gasteiger partial charge in [-0.2, -0.15) is 0 Å². The Kier molecular flexibility index (Phi) is 2.73. The molecule has 0 aromatic carbocycles. The summed E-state index contributed by atoms with van der Waals surface area (Å²) in [5.74, 6) is 2.42. The molecule has 0 amide bonds. The Morgan fingerprint density at radius 2 is 2.00 bits per heavy atom. The van der Waals surface area contributed by atoms with Crippen LogP contribution in [0.2, 0.25) is 0 Å². The van der Waals surface area contributed by atoms with Crippen LogP contribution in [0.4, 0.5) is 0 Å². The normalized spacial score (nSPS) is 14.6. The SMILES string of the molecule is C#CC[C@@H](O)C(C)(C)C. The van der Waals surface area contributed by atoms with E-state index in [0.717, 1.165) is 0 Å². The summed E-state index contributed by atoms with van der Waals surface area (Å²) in [6.07, 6.45) is 5.09. The zero-order valence-electron chi connectivity index (χ0n) is 6.31. The van der Waals surface area contributed by atoms with Crippen LogP contribution < -0.4 is 0 Å². The van der Waals surface area contributed by atoms with Crippen molar-refractivity contribution < 1.29 is 5.11 Å². The lowest BCUT2D eigenvalue weighted by molar-refractivity contribution is 0.0678. The average Bonchev–Trinajstić information content (AvgIpc) is 1.64. The van der Waals surface area contributed by atoms with E-state index < -0.39 is 0 Å². The van der Waals surface area contributed by atoms with Crippen LogP contribution in [-0.2, 0) is 0 Å². The topological polar surface area (TPSA) is 20.2 Å². The summed E-state index contributed by atoms with van der Waals surface area (Å²) < 4.78 is 0. The lowest BCUT2D eigenvalue weighted by atomic mass is 9.87. The highest BCUT2D eigenvalue weighted by Crippen LogP contribution is 2.20. The second kappa shape index (κ2) is 2.89. The molecule has 52 valence electrons. The van der Waals surface area contributed by atoms with Crippen LogP contribution in [0.15, 0.2) is 0 Å². The smallest absolute Gasteiger partial charge is 0.0697 e. The molecule has 1 N–H and O–H groups in total. The maximum atomic E-state index is 9.24. The largest absolute Gasteiger partial charge is 0.392 e. The van der Waals surface area contributed by atoms with Crippen molar-refractivity contribution in [2.75, 3.05) is 0 Å². The van der Waals surface area contributed by atoms with Crippen molar-refractivity contribution in [3.05, 3.63) is 0 Å². The Bertz CT molecular complexity index is 114. The van der Waals surface area contributed by atoms with Crippen LogP contribution in [0.3, 0.4) is 0 Å². The molecule has 0 aromatic heterocycles. The zero-order valence-corrected chi connectivity index (χ0v) is 6.31. The fourth-order valence-electron chi connectivity index (χ4n) is 0.418. The molecule has 1 atom stereocenters. The van der Waals surface area contributed by atoms with Crippen molar-refractivity contribution >= 4 is 0 Å². The molecule has 0 aliphatic carbocycles. The van der Waals surface area contributed by atoms with Gasteiger partial charge in [0.25, 0.3) is 0 Å². The van der Waals surface area contributed by atoms with Crippen LogP contribution in [0.1, 0.15) is 27.2 Å². The molecule has 0 unspecified atom stereocenters. The summed E-state index contributed by atoms with van der Waals surface area (Å²) in [7, 11) is 0. The number of hydrogen-bond donors (Lipinski definition) is 1. The molecular weight excluding hydrogens is 112 g/mol. The fourth-order valence-corrected chi connectivity index (χ4v) is 0.418. The van der Waals surface area contributed by atoms with E-state index in [4.69, 9.17) is 6.42 Å². The van der Waals surface area contributed by atoms with Gasteiger partial charge < -0.3 is 5.11 Å². The van der Waals surface area contributed by atoms with Gasteiger partial charge in [-0.05, 0) is 5.41 Å². The monoisotopic (exact) mass is 126 g/mol. The second-order valence-corrected chi connectivity index (χ2v) is 3.29. The number of aliphatic hydroxyl groups is 1. The summed E-state index contributed by atoms with van der Waals surface area (Å²) in [5.41, 5.74) is -0.0770. The minimum absolute atomic E-state index is 0.0770. The molecule has 0 heterocycles. The third-order valence-electron chi connectivity index (χ3n) is 1.31. The molecule has 1 heteroatoms. The fraction of sp³-hybridized carbons (Fsp3) is 0.750. The van der Waals surface area contributed by atoms with Crippen molar-refractivity contribution in [3.8, 4) is 12.3 Å². The predicted octanol–water partition coefficient (Wildman–Crippen LogP) is 1.42. The minimum atomic E-state index is -0.373. The van der Waals surface area contributed by atoms with Gasteiger partial charge >= 0.3 is 0 Å². The van der Waals surface area contributed by atoms with E-state index >= 15 is 0 Å². The van der Waals surface area contributed by atoms with E-state index in [1.807, 2.05) is 20.8 Å². The third-order valence-corrected chi connectivity index (χ3v) is 1.31. The number of rotatable bonds is 1. The molecular formula is C8H14O. The highest BCUT2D eigenvalue weighted by Gasteiger charge is 2.20. The highest BCUT2D eigenvalue weighted by molar-refractivity contribution is 4.90. The third kappa shape index (κ3) is 3.16. The van der Waals surface area contributed by atoms with E-state index in [1.165, 1.54) is 0 Å². The molecule has 0 saturated heterocycles. The van der Waals surface area contributed by atoms with Crippen molar-refractivity contribution in [2.24, 2.45) is 5.41 Å². The van der Waals surface area contributed by atoms with Gasteiger partial charge in [-0.1, -0.05) is 20.8 Å². The standard InChI is InChI=1S/C8H14O/c1-5-6-7(9)8(2,3)4/h1,7,9H,6H2,2-4H3/t7-/m1/s1. The Hall–Kier alpha value is -0.480. The van der Waals surface area contributed by atoms with E-state index in [-0.39, 0.29) is 11.5 Å². The molecule has 0 aliphatic rings. The van der Waals surface area contributed by atoms with Crippen molar-refractivity contribution in [1.82, 2.24) is 0 Å². The Morgan fingerprint density at radius 3 is 2.11 bits per heavy atom. The Labute approximate surface area is 57.1 Å². The van der Waals surface area contributed by atoms with Crippen LogP contribution in [-0.4, -0.2) is 11.2 Å². The summed E-state index contributed by atoms with van der Waals surface area (Å²) in [6.45, 7) is 5.90. The summed E-state index contributed by atoms with van der Waals surface area (Å²) in [6, 6.07) is 0. The number of hydrogen-bond acceptors (Lipinski definition) is 1. The zero-order chi connectivity index (χ0) is 7.49. The first-order valence-corrected chi connectivity index (χ1v) is 3.10. The Morgan fingerprint density at radius 1 is 1.56 bits per heavy atom. The molecule has 0 radical (unpaired) electrons. The van der Waals surface area contributed by atoms with Gasteiger partial charge in [-0.3, -0.25) is 0 Å². The van der Waals surface area contributed by atoms with Gasteiger partial charge in [0.1, 0.15) is 0 Å². The highest BCUT2D eigenvalue weighted by atomic mass is 16.3. The van der Waals surface area contributed by atoms with Crippen LogP contribution >= 0.6 is 0 Å². The van der Waals surface area contributed by atoms with E-state index in [9.17, 15) is 5.11 Å². The predicted molar refractivity (Wildman–Crippen MR) is 38.9 cm³/mol. The van der Waals surface area contributed by atoms with Crippen LogP contribution in [0, 0.1) is 17.8 Å². The number of aliphatic hydroxyl groups excluding tert-OH is 1. The molecule has 0 spiro atoms. The van der Waals surface area contributed by atoms with E-state index in [1.54, 1.807) is 0 Å². The molecule has 0 saturated carbocycles. The maximum absolute atomic E-state index is 9.24. The first-order chi connectivity index (χ1) is 3.98. The van der Waals surface area contributed by atoms with Crippen LogP contribution in [0.5, 0.6) is 0 Å². The molecule has 0 aliphatic heterocycles. The van der Waals surface area contributed by atoms with Gasteiger partial charge in [-0.25, -0.2) is 0 Å². The number of terminal acetylenes is 1. The van der Waals surface area contributed by atoms with E-state index in [0.29, 0.717) is 6.42 Å². The van der Waals surface area contributed by atoms with E-state index in [2.05, 4.69) is 5.92 Å². The summed E-state index contributed by atoms with van der Waals surface area (Å²) in [4.78, 5) is 0. The van der Waals surface area contributed by atoms with Crippen molar-refractivity contribution in [1.29, 1.82) is 0 Å². The molecule has 0 bridgehead atoms. The van der Waals surface area contributed by atoms with Gasteiger partial charge in [0.15, 0.2) is 0 Å². The second-order valence-electron chi connectivity index (χ2n) is 3.29.